The van der Waals surface area contributed by atoms with Gasteiger partial charge in [-0.15, -0.1) is 0 Å². The van der Waals surface area contributed by atoms with Crippen LogP contribution >= 0.6 is 0 Å². The van der Waals surface area contributed by atoms with Crippen LogP contribution in [-0.2, 0) is 16.0 Å². The highest BCUT2D eigenvalue weighted by molar-refractivity contribution is 5.69. The van der Waals surface area contributed by atoms with E-state index in [0.717, 1.165) is 51.4 Å². The summed E-state index contributed by atoms with van der Waals surface area (Å²) in [5, 5.41) is 20.0. The van der Waals surface area contributed by atoms with Crippen molar-refractivity contribution in [3.8, 4) is 0 Å². The van der Waals surface area contributed by atoms with Gasteiger partial charge in [-0.25, -0.2) is 0 Å². The summed E-state index contributed by atoms with van der Waals surface area (Å²) in [4.78, 5) is 11.5. The van der Waals surface area contributed by atoms with Crippen molar-refractivity contribution in [2.75, 3.05) is 6.61 Å². The molecule has 0 saturated heterocycles. The van der Waals surface area contributed by atoms with E-state index in [4.69, 9.17) is 4.74 Å². The molecule has 0 aromatic heterocycles. The summed E-state index contributed by atoms with van der Waals surface area (Å²) in [6.07, 6.45) is 11.9. The highest BCUT2D eigenvalue weighted by Crippen LogP contribution is 2.45. The Kier molecular flexibility index (Phi) is 11.2. The van der Waals surface area contributed by atoms with Crippen molar-refractivity contribution >= 4 is 5.97 Å². The summed E-state index contributed by atoms with van der Waals surface area (Å²) in [6.45, 7) is 3.99. The standard InChI is InChI=1S/C26H40O4/c1-20(2)30-26(29)13-9-4-3-8-12-25-22(18-23(25)19-27)15-17-24(28)16-14-21-10-6-5-7-11-21/h3,5-8,10-11,20,22-25,27-28H,4,9,12-19H2,1-2H3/t22-,23+,24-,25+/m0/s1. The number of ether oxygens (including phenoxy) is 1. The predicted octanol–water partition coefficient (Wildman–Crippen LogP) is 5.07. The van der Waals surface area contributed by atoms with Gasteiger partial charge in [-0.3, -0.25) is 4.79 Å². The van der Waals surface area contributed by atoms with Crippen molar-refractivity contribution in [3.05, 3.63) is 48.0 Å². The van der Waals surface area contributed by atoms with Gasteiger partial charge in [0.15, 0.2) is 0 Å². The molecule has 2 N–H and O–H groups in total. The third kappa shape index (κ3) is 9.01. The summed E-state index contributed by atoms with van der Waals surface area (Å²) >= 11 is 0. The summed E-state index contributed by atoms with van der Waals surface area (Å²) < 4.78 is 5.14. The SMILES string of the molecule is CC(C)OC(=O)CCCC=CC[C@H]1[C@@H](CO)C[C@@H]1CC[C@@H](O)CCc1ccccc1. The molecule has 4 atom stereocenters. The molecule has 0 unspecified atom stereocenters. The summed E-state index contributed by atoms with van der Waals surface area (Å²) in [5.74, 6) is 1.38. The Morgan fingerprint density at radius 2 is 1.93 bits per heavy atom. The lowest BCUT2D eigenvalue weighted by molar-refractivity contribution is -0.147. The normalized spacial score (nSPS) is 22.2. The minimum Gasteiger partial charge on any atom is -0.463 e. The van der Waals surface area contributed by atoms with Gasteiger partial charge < -0.3 is 14.9 Å². The molecule has 0 bridgehead atoms. The van der Waals surface area contributed by atoms with Gasteiger partial charge in [0.1, 0.15) is 0 Å². The van der Waals surface area contributed by atoms with Crippen LogP contribution < -0.4 is 0 Å². The first-order chi connectivity index (χ1) is 14.5. The maximum atomic E-state index is 11.5. The van der Waals surface area contributed by atoms with Crippen LogP contribution in [0.4, 0.5) is 0 Å². The topological polar surface area (TPSA) is 66.8 Å². The molecule has 1 saturated carbocycles. The van der Waals surface area contributed by atoms with Gasteiger partial charge >= 0.3 is 5.97 Å². The number of hydrogen-bond donors (Lipinski definition) is 2. The van der Waals surface area contributed by atoms with E-state index in [0.29, 0.717) is 24.2 Å². The lowest BCUT2D eigenvalue weighted by Crippen LogP contribution is -2.39. The predicted molar refractivity (Wildman–Crippen MR) is 121 cm³/mol. The molecule has 0 amide bonds. The number of allylic oxidation sites excluding steroid dienone is 2. The second kappa shape index (κ2) is 13.6. The first-order valence-electron chi connectivity index (χ1n) is 11.7. The highest BCUT2D eigenvalue weighted by atomic mass is 16.5. The Balaban J connectivity index is 1.62. The lowest BCUT2D eigenvalue weighted by Gasteiger charge is -2.44. The maximum absolute atomic E-state index is 11.5. The second-order valence-corrected chi connectivity index (χ2v) is 9.00. The Bertz CT molecular complexity index is 625. The first-order valence-corrected chi connectivity index (χ1v) is 11.7. The summed E-state index contributed by atoms with van der Waals surface area (Å²) in [6, 6.07) is 10.3. The van der Waals surface area contributed by atoms with Crippen LogP contribution in [0.25, 0.3) is 0 Å². The number of esters is 1. The van der Waals surface area contributed by atoms with E-state index >= 15 is 0 Å². The van der Waals surface area contributed by atoms with Gasteiger partial charge in [-0.1, -0.05) is 42.5 Å². The summed E-state index contributed by atoms with van der Waals surface area (Å²) in [7, 11) is 0. The van der Waals surface area contributed by atoms with Crippen LogP contribution in [0.3, 0.4) is 0 Å². The van der Waals surface area contributed by atoms with E-state index in [9.17, 15) is 15.0 Å². The molecule has 1 aliphatic carbocycles. The van der Waals surface area contributed by atoms with Crippen LogP contribution in [0.5, 0.6) is 0 Å². The number of rotatable bonds is 14. The zero-order valence-corrected chi connectivity index (χ0v) is 18.7. The van der Waals surface area contributed by atoms with Gasteiger partial charge in [0.05, 0.1) is 12.2 Å². The van der Waals surface area contributed by atoms with E-state index in [2.05, 4.69) is 24.3 Å². The molecular formula is C26H40O4. The molecule has 0 aliphatic heterocycles. The molecule has 1 aliphatic rings. The fraction of sp³-hybridized carbons (Fsp3) is 0.654. The molecule has 0 spiro atoms. The molecular weight excluding hydrogens is 376 g/mol. The van der Waals surface area contributed by atoms with Crippen molar-refractivity contribution in [1.82, 2.24) is 0 Å². The van der Waals surface area contributed by atoms with Crippen molar-refractivity contribution < 1.29 is 19.7 Å². The van der Waals surface area contributed by atoms with Crippen molar-refractivity contribution in [2.45, 2.75) is 83.8 Å². The molecule has 0 radical (unpaired) electrons. The molecule has 4 heteroatoms. The Morgan fingerprint density at radius 1 is 1.17 bits per heavy atom. The fourth-order valence-corrected chi connectivity index (χ4v) is 4.44. The molecule has 1 aromatic rings. The van der Waals surface area contributed by atoms with Crippen molar-refractivity contribution in [2.24, 2.45) is 17.8 Å². The van der Waals surface area contributed by atoms with Crippen LogP contribution in [0, 0.1) is 17.8 Å². The average molecular weight is 417 g/mol. The minimum atomic E-state index is -0.250. The maximum Gasteiger partial charge on any atom is 0.306 e. The number of aliphatic hydroxyl groups is 2. The molecule has 1 aromatic carbocycles. The molecule has 30 heavy (non-hydrogen) atoms. The first kappa shape index (κ1) is 24.6. The number of hydrogen-bond acceptors (Lipinski definition) is 4. The van der Waals surface area contributed by atoms with Gasteiger partial charge in [-0.2, -0.15) is 0 Å². The number of carbonyl (C=O) groups is 1. The van der Waals surface area contributed by atoms with E-state index in [1.165, 1.54) is 5.56 Å². The van der Waals surface area contributed by atoms with Crippen LogP contribution in [0.2, 0.25) is 0 Å². The Hall–Kier alpha value is -1.65. The van der Waals surface area contributed by atoms with Gasteiger partial charge in [0.2, 0.25) is 0 Å². The summed E-state index contributed by atoms with van der Waals surface area (Å²) in [5.41, 5.74) is 1.28. The quantitative estimate of drug-likeness (QED) is 0.252. The van der Waals surface area contributed by atoms with Gasteiger partial charge in [0, 0.05) is 13.0 Å². The van der Waals surface area contributed by atoms with E-state index < -0.39 is 0 Å². The third-order valence-electron chi connectivity index (χ3n) is 6.22. The van der Waals surface area contributed by atoms with E-state index in [1.807, 2.05) is 32.0 Å². The number of aryl methyl sites for hydroxylation is 1. The van der Waals surface area contributed by atoms with Crippen LogP contribution in [0.15, 0.2) is 42.5 Å². The molecule has 2 rings (SSSR count). The van der Waals surface area contributed by atoms with Crippen LogP contribution in [-0.4, -0.2) is 35.0 Å². The zero-order valence-electron chi connectivity index (χ0n) is 18.7. The van der Waals surface area contributed by atoms with Crippen molar-refractivity contribution in [1.29, 1.82) is 0 Å². The highest BCUT2D eigenvalue weighted by Gasteiger charge is 2.39. The number of unbranched alkanes of at least 4 members (excludes halogenated alkanes) is 1. The molecule has 4 nitrogen and oxygen atoms in total. The monoisotopic (exact) mass is 416 g/mol. The molecule has 1 fully saturated rings. The Morgan fingerprint density at radius 3 is 2.63 bits per heavy atom. The minimum absolute atomic E-state index is 0.0455. The van der Waals surface area contributed by atoms with Gasteiger partial charge in [-0.05, 0) is 88.5 Å². The largest absolute Gasteiger partial charge is 0.463 e. The van der Waals surface area contributed by atoms with Crippen LogP contribution in [0.1, 0.15) is 70.8 Å². The molecule has 0 heterocycles. The second-order valence-electron chi connectivity index (χ2n) is 9.00. The third-order valence-corrected chi connectivity index (χ3v) is 6.22. The van der Waals surface area contributed by atoms with Crippen molar-refractivity contribution in [3.63, 3.8) is 0 Å². The lowest BCUT2D eigenvalue weighted by atomic mass is 9.62. The number of benzene rings is 1. The zero-order chi connectivity index (χ0) is 21.8. The fourth-order valence-electron chi connectivity index (χ4n) is 4.44. The van der Waals surface area contributed by atoms with E-state index in [-0.39, 0.29) is 24.8 Å². The average Bonchev–Trinajstić information content (AvgIpc) is 2.71. The Labute approximate surface area is 182 Å². The number of carbonyl (C=O) groups excluding carboxylic acids is 1. The van der Waals surface area contributed by atoms with Gasteiger partial charge in [0.25, 0.3) is 0 Å². The van der Waals surface area contributed by atoms with E-state index in [1.54, 1.807) is 0 Å². The number of aliphatic hydroxyl groups excluding tert-OH is 2. The smallest absolute Gasteiger partial charge is 0.306 e. The molecule has 168 valence electrons.